The number of hydrogen-bond donors (Lipinski definition) is 1. The van der Waals surface area contributed by atoms with Crippen LogP contribution in [0, 0.1) is 0 Å². The molecule has 0 spiro atoms. The number of anilines is 1. The van der Waals surface area contributed by atoms with Crippen molar-refractivity contribution in [1.82, 2.24) is 14.7 Å². The molecule has 5 heteroatoms. The lowest BCUT2D eigenvalue weighted by Crippen LogP contribution is -2.30. The molecule has 5 nitrogen and oxygen atoms in total. The number of nitrogens with two attached hydrogens (primary N) is 1. The second kappa shape index (κ2) is 4.13. The number of carbonyl (C=O) groups excluding carboxylic acids is 1. The molecule has 0 saturated carbocycles. The van der Waals surface area contributed by atoms with Gasteiger partial charge in [0.25, 0.3) is 5.91 Å². The number of nitrogen functional groups attached to an aromatic ring is 1. The standard InChI is InChI=1S/C9H16N4O/c1-4-13(5-2)9(14)7-6-12(3)11-8(7)10/h6H,4-5H2,1-3H3,(H2,10,11). The molecule has 1 aromatic rings. The third-order valence-corrected chi connectivity index (χ3v) is 2.14. The van der Waals surface area contributed by atoms with Crippen molar-refractivity contribution >= 4 is 11.7 Å². The highest BCUT2D eigenvalue weighted by Gasteiger charge is 2.17. The average molecular weight is 196 g/mol. The quantitative estimate of drug-likeness (QED) is 0.765. The first-order valence-electron chi connectivity index (χ1n) is 4.68. The third kappa shape index (κ3) is 1.86. The van der Waals surface area contributed by atoms with Gasteiger partial charge in [0.15, 0.2) is 5.82 Å². The number of nitrogens with zero attached hydrogens (tertiary/aromatic N) is 3. The molecule has 0 atom stereocenters. The summed E-state index contributed by atoms with van der Waals surface area (Å²) >= 11 is 0. The predicted molar refractivity (Wildman–Crippen MR) is 54.9 cm³/mol. The van der Waals surface area contributed by atoms with Gasteiger partial charge in [-0.05, 0) is 13.8 Å². The highest BCUT2D eigenvalue weighted by molar-refractivity contribution is 5.98. The zero-order valence-electron chi connectivity index (χ0n) is 8.82. The molecule has 1 rings (SSSR count). The van der Waals surface area contributed by atoms with Crippen molar-refractivity contribution < 1.29 is 4.79 Å². The normalized spacial score (nSPS) is 10.2. The van der Waals surface area contributed by atoms with Crippen LogP contribution in [-0.2, 0) is 7.05 Å². The topological polar surface area (TPSA) is 64.2 Å². The maximum Gasteiger partial charge on any atom is 0.259 e. The average Bonchev–Trinajstić information content (AvgIpc) is 2.47. The molecule has 0 fully saturated rings. The van der Waals surface area contributed by atoms with Crippen LogP contribution < -0.4 is 5.73 Å². The molecule has 1 aromatic heterocycles. The van der Waals surface area contributed by atoms with Crippen LogP contribution in [0.25, 0.3) is 0 Å². The molecule has 0 aromatic carbocycles. The summed E-state index contributed by atoms with van der Waals surface area (Å²) in [6, 6.07) is 0. The predicted octanol–water partition coefficient (Wildman–Crippen LogP) is 0.484. The number of carbonyl (C=O) groups is 1. The highest BCUT2D eigenvalue weighted by Crippen LogP contribution is 2.11. The van der Waals surface area contributed by atoms with Gasteiger partial charge in [0.1, 0.15) is 5.56 Å². The van der Waals surface area contributed by atoms with Crippen molar-refractivity contribution in [3.8, 4) is 0 Å². The lowest BCUT2D eigenvalue weighted by molar-refractivity contribution is 0.0774. The van der Waals surface area contributed by atoms with E-state index in [1.807, 2.05) is 13.8 Å². The Balaban J connectivity index is 2.93. The van der Waals surface area contributed by atoms with E-state index in [4.69, 9.17) is 5.73 Å². The number of rotatable bonds is 3. The van der Waals surface area contributed by atoms with E-state index in [0.717, 1.165) is 0 Å². The van der Waals surface area contributed by atoms with E-state index in [1.165, 1.54) is 0 Å². The summed E-state index contributed by atoms with van der Waals surface area (Å²) in [5.41, 5.74) is 6.09. The zero-order chi connectivity index (χ0) is 10.7. The first-order valence-corrected chi connectivity index (χ1v) is 4.68. The first-order chi connectivity index (χ1) is 6.60. The zero-order valence-corrected chi connectivity index (χ0v) is 8.82. The molecular weight excluding hydrogens is 180 g/mol. The molecule has 0 bridgehead atoms. The molecule has 14 heavy (non-hydrogen) atoms. The van der Waals surface area contributed by atoms with Gasteiger partial charge in [0, 0.05) is 26.3 Å². The van der Waals surface area contributed by atoms with Crippen LogP contribution in [0.5, 0.6) is 0 Å². The molecule has 0 aliphatic rings. The Kier molecular flexibility index (Phi) is 3.11. The van der Waals surface area contributed by atoms with Crippen LogP contribution >= 0.6 is 0 Å². The smallest absolute Gasteiger partial charge is 0.259 e. The van der Waals surface area contributed by atoms with Crippen molar-refractivity contribution in [2.75, 3.05) is 18.8 Å². The van der Waals surface area contributed by atoms with E-state index in [1.54, 1.807) is 22.8 Å². The monoisotopic (exact) mass is 196 g/mol. The van der Waals surface area contributed by atoms with Gasteiger partial charge >= 0.3 is 0 Å². The lowest BCUT2D eigenvalue weighted by atomic mass is 10.3. The Bertz CT molecular complexity index is 328. The van der Waals surface area contributed by atoms with Crippen LogP contribution in [0.1, 0.15) is 24.2 Å². The molecule has 0 saturated heterocycles. The molecular formula is C9H16N4O. The Morgan fingerprint density at radius 1 is 1.57 bits per heavy atom. The van der Waals surface area contributed by atoms with E-state index in [0.29, 0.717) is 24.5 Å². The van der Waals surface area contributed by atoms with Gasteiger partial charge in [0.05, 0.1) is 0 Å². The van der Waals surface area contributed by atoms with Crippen LogP contribution in [-0.4, -0.2) is 33.7 Å². The minimum absolute atomic E-state index is 0.0550. The number of hydrogen-bond acceptors (Lipinski definition) is 3. The van der Waals surface area contributed by atoms with Crippen LogP contribution in [0.3, 0.4) is 0 Å². The minimum Gasteiger partial charge on any atom is -0.382 e. The largest absolute Gasteiger partial charge is 0.382 e. The fraction of sp³-hybridized carbons (Fsp3) is 0.556. The fourth-order valence-corrected chi connectivity index (χ4v) is 1.35. The van der Waals surface area contributed by atoms with Gasteiger partial charge in [-0.2, -0.15) is 5.10 Å². The van der Waals surface area contributed by atoms with E-state index < -0.39 is 0 Å². The number of amides is 1. The van der Waals surface area contributed by atoms with E-state index >= 15 is 0 Å². The Hall–Kier alpha value is -1.52. The molecule has 1 heterocycles. The van der Waals surface area contributed by atoms with Gasteiger partial charge in [0.2, 0.25) is 0 Å². The van der Waals surface area contributed by atoms with Gasteiger partial charge in [-0.1, -0.05) is 0 Å². The molecule has 0 aliphatic carbocycles. The van der Waals surface area contributed by atoms with Gasteiger partial charge in [-0.3, -0.25) is 9.48 Å². The van der Waals surface area contributed by atoms with Gasteiger partial charge in [-0.15, -0.1) is 0 Å². The summed E-state index contributed by atoms with van der Waals surface area (Å²) in [6.07, 6.45) is 1.65. The summed E-state index contributed by atoms with van der Waals surface area (Å²) in [5.74, 6) is 0.241. The maximum absolute atomic E-state index is 11.8. The van der Waals surface area contributed by atoms with Crippen molar-refractivity contribution in [3.63, 3.8) is 0 Å². The van der Waals surface area contributed by atoms with Gasteiger partial charge in [-0.25, -0.2) is 0 Å². The summed E-state index contributed by atoms with van der Waals surface area (Å²) in [6.45, 7) is 5.25. The lowest BCUT2D eigenvalue weighted by Gasteiger charge is -2.17. The molecule has 1 amide bonds. The molecule has 0 unspecified atom stereocenters. The van der Waals surface area contributed by atoms with E-state index in [2.05, 4.69) is 5.10 Å². The van der Waals surface area contributed by atoms with E-state index in [9.17, 15) is 4.79 Å². The Labute approximate surface area is 83.5 Å². The van der Waals surface area contributed by atoms with Crippen molar-refractivity contribution in [2.24, 2.45) is 7.05 Å². The SMILES string of the molecule is CCN(CC)C(=O)c1cn(C)nc1N. The molecule has 78 valence electrons. The summed E-state index contributed by atoms with van der Waals surface area (Å²) < 4.78 is 1.55. The molecule has 2 N–H and O–H groups in total. The molecule has 0 radical (unpaired) electrons. The maximum atomic E-state index is 11.8. The van der Waals surface area contributed by atoms with Gasteiger partial charge < -0.3 is 10.6 Å². The van der Waals surface area contributed by atoms with Crippen molar-refractivity contribution in [2.45, 2.75) is 13.8 Å². The fourth-order valence-electron chi connectivity index (χ4n) is 1.35. The third-order valence-electron chi connectivity index (χ3n) is 2.14. The first kappa shape index (κ1) is 10.6. The van der Waals surface area contributed by atoms with Crippen LogP contribution in [0.2, 0.25) is 0 Å². The van der Waals surface area contributed by atoms with Crippen molar-refractivity contribution in [3.05, 3.63) is 11.8 Å². The minimum atomic E-state index is -0.0550. The summed E-state index contributed by atoms with van der Waals surface area (Å²) in [7, 11) is 1.75. The van der Waals surface area contributed by atoms with Crippen molar-refractivity contribution in [1.29, 1.82) is 0 Å². The second-order valence-electron chi connectivity index (χ2n) is 3.08. The summed E-state index contributed by atoms with van der Waals surface area (Å²) in [4.78, 5) is 13.5. The Morgan fingerprint density at radius 2 is 2.14 bits per heavy atom. The van der Waals surface area contributed by atoms with Crippen LogP contribution in [0.4, 0.5) is 5.82 Å². The number of aryl methyl sites for hydroxylation is 1. The summed E-state index contributed by atoms with van der Waals surface area (Å²) in [5, 5.41) is 3.93. The molecule has 0 aliphatic heterocycles. The second-order valence-corrected chi connectivity index (χ2v) is 3.08. The van der Waals surface area contributed by atoms with Crippen LogP contribution in [0.15, 0.2) is 6.20 Å². The highest BCUT2D eigenvalue weighted by atomic mass is 16.2. The number of aromatic nitrogens is 2. The Morgan fingerprint density at radius 3 is 2.50 bits per heavy atom. The van der Waals surface area contributed by atoms with E-state index in [-0.39, 0.29) is 5.91 Å².